The first-order valence-corrected chi connectivity index (χ1v) is 10.3. The largest absolute Gasteiger partial charge is 0.284 e. The van der Waals surface area contributed by atoms with E-state index in [1.165, 1.54) is 0 Å². The van der Waals surface area contributed by atoms with Crippen LogP contribution in [0.25, 0.3) is 39.4 Å². The highest BCUT2D eigenvalue weighted by atomic mass is 79.9. The maximum atomic E-state index is 13.6. The molecule has 5 aromatic rings. The Balaban J connectivity index is 1.88. The van der Waals surface area contributed by atoms with Gasteiger partial charge in [0, 0.05) is 15.6 Å². The van der Waals surface area contributed by atoms with E-state index in [9.17, 15) is 4.79 Å². The van der Waals surface area contributed by atoms with Crippen LogP contribution in [0, 0.1) is 6.92 Å². The molecule has 0 bridgehead atoms. The smallest absolute Gasteiger partial charge is 0.270 e. The van der Waals surface area contributed by atoms with Gasteiger partial charge in [0.2, 0.25) is 0 Å². The van der Waals surface area contributed by atoms with Crippen LogP contribution in [0.2, 0.25) is 0 Å². The highest BCUT2D eigenvalue weighted by molar-refractivity contribution is 9.10. The Labute approximate surface area is 181 Å². The van der Waals surface area contributed by atoms with E-state index in [2.05, 4.69) is 26.1 Å². The normalized spacial score (nSPS) is 11.1. The van der Waals surface area contributed by atoms with Crippen molar-refractivity contribution in [2.75, 3.05) is 0 Å². The van der Waals surface area contributed by atoms with Crippen molar-refractivity contribution in [3.63, 3.8) is 0 Å². The fraction of sp³-hybridized carbons (Fsp3) is 0.0417. The number of fused-ring (bicyclic) bond motifs is 1. The number of hydrogen-bond donors (Lipinski definition) is 1. The molecule has 0 aliphatic carbocycles. The first-order chi connectivity index (χ1) is 14.6. The molecule has 0 aliphatic heterocycles. The summed E-state index contributed by atoms with van der Waals surface area (Å²) >= 11 is 3.46. The zero-order valence-corrected chi connectivity index (χ0v) is 17.7. The molecule has 0 unspecified atom stereocenters. The number of nitrogens with zero attached hydrogens (tertiary/aromatic N) is 3. The summed E-state index contributed by atoms with van der Waals surface area (Å²) in [6.45, 7) is 2.02. The highest BCUT2D eigenvalue weighted by Gasteiger charge is 2.20. The Hall–Kier alpha value is -3.51. The van der Waals surface area contributed by atoms with Crippen LogP contribution in [0.5, 0.6) is 0 Å². The van der Waals surface area contributed by atoms with Crippen molar-refractivity contribution in [1.82, 2.24) is 19.7 Å². The van der Waals surface area contributed by atoms with E-state index in [1.54, 1.807) is 4.57 Å². The van der Waals surface area contributed by atoms with Gasteiger partial charge >= 0.3 is 0 Å². The maximum Gasteiger partial charge on any atom is 0.284 e. The van der Waals surface area contributed by atoms with Gasteiger partial charge < -0.3 is 0 Å². The second-order valence-corrected chi connectivity index (χ2v) is 7.94. The van der Waals surface area contributed by atoms with Gasteiger partial charge in [0.15, 0.2) is 5.52 Å². The van der Waals surface area contributed by atoms with Crippen molar-refractivity contribution < 1.29 is 0 Å². The minimum Gasteiger partial charge on any atom is -0.270 e. The Bertz CT molecular complexity index is 1420. The van der Waals surface area contributed by atoms with Crippen molar-refractivity contribution >= 4 is 27.0 Å². The van der Waals surface area contributed by atoms with Crippen LogP contribution in [-0.4, -0.2) is 19.7 Å². The van der Waals surface area contributed by atoms with Gasteiger partial charge in [-0.2, -0.15) is 5.10 Å². The molecular weight excluding hydrogens is 440 g/mol. The lowest BCUT2D eigenvalue weighted by Gasteiger charge is -2.14. The number of aromatic amines is 1. The van der Waals surface area contributed by atoms with Crippen molar-refractivity contribution in [2.45, 2.75) is 6.92 Å². The first kappa shape index (κ1) is 18.5. The van der Waals surface area contributed by atoms with Crippen molar-refractivity contribution in [1.29, 1.82) is 0 Å². The Morgan fingerprint density at radius 2 is 1.60 bits per heavy atom. The number of hydrogen-bond acceptors (Lipinski definition) is 3. The van der Waals surface area contributed by atoms with Gasteiger partial charge in [-0.05, 0) is 36.8 Å². The van der Waals surface area contributed by atoms with Crippen LogP contribution in [0.15, 0.2) is 88.1 Å². The number of aromatic nitrogens is 4. The van der Waals surface area contributed by atoms with Crippen molar-refractivity contribution in [3.05, 3.63) is 99.3 Å². The van der Waals surface area contributed by atoms with Crippen LogP contribution in [0.3, 0.4) is 0 Å². The van der Waals surface area contributed by atoms with Crippen LogP contribution in [0.1, 0.15) is 5.56 Å². The van der Waals surface area contributed by atoms with Gasteiger partial charge in [0.25, 0.3) is 5.56 Å². The predicted molar refractivity (Wildman–Crippen MR) is 123 cm³/mol. The SMILES string of the molecule is Cc1ccccc1-c1nc2c(-c3ccccc3)n[nH]c2c(=O)n1-c1ccc(Br)cc1. The van der Waals surface area contributed by atoms with Crippen LogP contribution in [0.4, 0.5) is 0 Å². The van der Waals surface area contributed by atoms with E-state index in [-0.39, 0.29) is 5.56 Å². The monoisotopic (exact) mass is 456 g/mol. The lowest BCUT2D eigenvalue weighted by Crippen LogP contribution is -2.22. The molecule has 0 atom stereocenters. The van der Waals surface area contributed by atoms with E-state index in [0.29, 0.717) is 22.6 Å². The average Bonchev–Trinajstić information content (AvgIpc) is 3.20. The summed E-state index contributed by atoms with van der Waals surface area (Å²) in [5.41, 5.74) is 5.03. The summed E-state index contributed by atoms with van der Waals surface area (Å²) in [7, 11) is 0. The lowest BCUT2D eigenvalue weighted by atomic mass is 10.1. The number of benzene rings is 3. The third-order valence-corrected chi connectivity index (χ3v) is 5.63. The first-order valence-electron chi connectivity index (χ1n) is 9.52. The minimum absolute atomic E-state index is 0.185. The Morgan fingerprint density at radius 1 is 0.900 bits per heavy atom. The van der Waals surface area contributed by atoms with E-state index in [4.69, 9.17) is 4.98 Å². The van der Waals surface area contributed by atoms with Crippen LogP contribution in [-0.2, 0) is 0 Å². The average molecular weight is 457 g/mol. The van der Waals surface area contributed by atoms with E-state index in [1.807, 2.05) is 85.8 Å². The zero-order chi connectivity index (χ0) is 20.7. The molecular formula is C24H17BrN4O. The summed E-state index contributed by atoms with van der Waals surface area (Å²) < 4.78 is 2.59. The topological polar surface area (TPSA) is 63.6 Å². The Morgan fingerprint density at radius 3 is 2.33 bits per heavy atom. The highest BCUT2D eigenvalue weighted by Crippen LogP contribution is 2.29. The minimum atomic E-state index is -0.185. The number of H-pyrrole nitrogens is 1. The van der Waals surface area contributed by atoms with Crippen LogP contribution >= 0.6 is 15.9 Å². The number of rotatable bonds is 3. The second kappa shape index (κ2) is 7.39. The quantitative estimate of drug-likeness (QED) is 0.389. The summed E-state index contributed by atoms with van der Waals surface area (Å²) in [5, 5.41) is 7.34. The summed E-state index contributed by atoms with van der Waals surface area (Å²) in [4.78, 5) is 18.6. The fourth-order valence-corrected chi connectivity index (χ4v) is 3.85. The molecule has 0 spiro atoms. The molecule has 5 rings (SSSR count). The summed E-state index contributed by atoms with van der Waals surface area (Å²) in [6, 6.07) is 25.3. The number of aryl methyl sites for hydroxylation is 1. The molecule has 2 heterocycles. The van der Waals surface area contributed by atoms with Gasteiger partial charge in [0.05, 0.1) is 5.69 Å². The van der Waals surface area contributed by atoms with Gasteiger partial charge in [-0.15, -0.1) is 0 Å². The molecule has 6 heteroatoms. The molecule has 30 heavy (non-hydrogen) atoms. The summed E-state index contributed by atoms with van der Waals surface area (Å²) in [5.74, 6) is 0.589. The standard InChI is InChI=1S/C24H17BrN4O/c1-15-7-5-6-10-19(15)23-26-21-20(16-8-3-2-4-9-16)27-28-22(21)24(30)29(23)18-13-11-17(25)12-14-18/h2-14H,1H3,(H,27,28). The van der Waals surface area contributed by atoms with E-state index in [0.717, 1.165) is 26.9 Å². The maximum absolute atomic E-state index is 13.6. The van der Waals surface area contributed by atoms with Crippen molar-refractivity contribution in [3.8, 4) is 28.3 Å². The zero-order valence-electron chi connectivity index (χ0n) is 16.1. The molecule has 0 aliphatic rings. The molecule has 0 amide bonds. The third-order valence-electron chi connectivity index (χ3n) is 5.11. The lowest BCUT2D eigenvalue weighted by molar-refractivity contribution is 0.965. The van der Waals surface area contributed by atoms with Crippen molar-refractivity contribution in [2.24, 2.45) is 0 Å². The Kier molecular flexibility index (Phi) is 4.56. The van der Waals surface area contributed by atoms with Gasteiger partial charge in [-0.25, -0.2) is 4.98 Å². The number of nitrogens with one attached hydrogen (secondary N) is 1. The van der Waals surface area contributed by atoms with E-state index >= 15 is 0 Å². The predicted octanol–water partition coefficient (Wildman–Crippen LogP) is 5.51. The summed E-state index contributed by atoms with van der Waals surface area (Å²) in [6.07, 6.45) is 0. The van der Waals surface area contributed by atoms with Gasteiger partial charge in [-0.1, -0.05) is 70.5 Å². The van der Waals surface area contributed by atoms with Gasteiger partial charge in [-0.3, -0.25) is 14.5 Å². The molecule has 5 nitrogen and oxygen atoms in total. The molecule has 146 valence electrons. The second-order valence-electron chi connectivity index (χ2n) is 7.03. The third kappa shape index (κ3) is 3.06. The molecule has 0 fully saturated rings. The number of halogens is 1. The fourth-order valence-electron chi connectivity index (χ4n) is 3.59. The molecule has 1 N–H and O–H groups in total. The van der Waals surface area contributed by atoms with E-state index < -0.39 is 0 Å². The molecule has 3 aromatic carbocycles. The molecule has 0 saturated heterocycles. The van der Waals surface area contributed by atoms with Crippen LogP contribution < -0.4 is 5.56 Å². The van der Waals surface area contributed by atoms with Gasteiger partial charge in [0.1, 0.15) is 17.0 Å². The molecule has 2 aromatic heterocycles. The molecule has 0 saturated carbocycles. The molecule has 0 radical (unpaired) electrons.